The molecule has 70 valence electrons. The van der Waals surface area contributed by atoms with Crippen molar-refractivity contribution in [1.82, 2.24) is 0 Å². The van der Waals surface area contributed by atoms with Gasteiger partial charge >= 0.3 is 97.4 Å². The number of hydrogen-bond acceptors (Lipinski definition) is 2. The summed E-state index contributed by atoms with van der Waals surface area (Å²) < 4.78 is 3.54. The average Bonchev–Trinajstić information content (AvgIpc) is 2.74. The molecule has 0 fully saturated rings. The topological polar surface area (TPSA) is 47.6 Å². The molecule has 0 bridgehead atoms. The molecule has 0 radical (unpaired) electrons. The van der Waals surface area contributed by atoms with Crippen molar-refractivity contribution in [3.8, 4) is 12.1 Å². The molecule has 2 rings (SSSR count). The van der Waals surface area contributed by atoms with Gasteiger partial charge in [-0.05, 0) is 0 Å². The zero-order valence-corrected chi connectivity index (χ0v) is 10.1. The van der Waals surface area contributed by atoms with E-state index in [9.17, 15) is 0 Å². The van der Waals surface area contributed by atoms with Crippen LogP contribution in [0.2, 0.25) is 0 Å². The number of hydrogen-bond donors (Lipinski definition) is 0. The molecule has 0 N–H and O–H groups in total. The monoisotopic (exact) mass is 308 g/mol. The molecule has 3 heteroatoms. The summed E-state index contributed by atoms with van der Waals surface area (Å²) in [4.78, 5) is 0. The minimum atomic E-state index is -0.261. The maximum atomic E-state index is 8.69. The molecule has 2 nitrogen and oxygen atoms in total. The molecule has 0 aliphatic heterocycles. The summed E-state index contributed by atoms with van der Waals surface area (Å²) in [6.07, 6.45) is 1.68. The number of nitrogens with zero attached hydrogens (tertiary/aromatic N) is 2. The van der Waals surface area contributed by atoms with E-state index in [0.29, 0.717) is 0 Å². The molecule has 15 heavy (non-hydrogen) atoms. The van der Waals surface area contributed by atoms with Crippen molar-refractivity contribution in [2.24, 2.45) is 0 Å². The van der Waals surface area contributed by atoms with Gasteiger partial charge in [0.15, 0.2) is 0 Å². The molecule has 0 aliphatic rings. The van der Waals surface area contributed by atoms with E-state index in [1.54, 1.807) is 6.08 Å². The van der Waals surface area contributed by atoms with Crippen LogP contribution in [-0.4, -0.2) is 20.4 Å². The summed E-state index contributed by atoms with van der Waals surface area (Å²) in [6.45, 7) is 0. The summed E-state index contributed by atoms with van der Waals surface area (Å²) in [5, 5.41) is 18.6. The molecule has 1 aromatic carbocycles. The third kappa shape index (κ3) is 1.95. The van der Waals surface area contributed by atoms with Crippen molar-refractivity contribution in [2.45, 2.75) is 0 Å². The van der Waals surface area contributed by atoms with Gasteiger partial charge in [-0.25, -0.2) is 0 Å². The molecule has 1 aromatic heterocycles. The van der Waals surface area contributed by atoms with Gasteiger partial charge in [-0.15, -0.1) is 0 Å². The number of benzene rings is 1. The first kappa shape index (κ1) is 10.0. The zero-order chi connectivity index (χ0) is 10.7. The van der Waals surface area contributed by atoms with Crippen LogP contribution in [-0.2, 0) is 0 Å². The van der Waals surface area contributed by atoms with Crippen LogP contribution in [0.1, 0.15) is 5.56 Å². The van der Waals surface area contributed by atoms with Crippen LogP contribution in [0, 0.1) is 22.7 Å². The Morgan fingerprint density at radius 1 is 1.20 bits per heavy atom. The zero-order valence-electron chi connectivity index (χ0n) is 7.77. The van der Waals surface area contributed by atoms with Crippen molar-refractivity contribution in [2.75, 3.05) is 0 Å². The van der Waals surface area contributed by atoms with Gasteiger partial charge in [-0.2, -0.15) is 0 Å². The second-order valence-electron chi connectivity index (χ2n) is 2.97. The van der Waals surface area contributed by atoms with Crippen LogP contribution in [0.3, 0.4) is 0 Å². The molecule has 0 unspecified atom stereocenters. The molecule has 0 saturated heterocycles. The van der Waals surface area contributed by atoms with E-state index in [1.165, 1.54) is 8.79 Å². The van der Waals surface area contributed by atoms with E-state index in [0.717, 1.165) is 5.56 Å². The second-order valence-corrected chi connectivity index (χ2v) is 5.58. The van der Waals surface area contributed by atoms with Crippen LogP contribution in [0.4, 0.5) is 0 Å². The Bertz CT molecular complexity index is 592. The van der Waals surface area contributed by atoms with Crippen LogP contribution in [0.5, 0.6) is 0 Å². The summed E-state index contributed by atoms with van der Waals surface area (Å²) >= 11 is -0.261. The van der Waals surface area contributed by atoms with Crippen molar-refractivity contribution in [3.63, 3.8) is 0 Å². The number of nitriles is 2. The van der Waals surface area contributed by atoms with Crippen LogP contribution in [0.25, 0.3) is 14.9 Å². The quantitative estimate of drug-likeness (QED) is 0.600. The molecule has 0 aliphatic carbocycles. The number of allylic oxidation sites excluding steroid dienone is 1. The first-order valence-corrected chi connectivity index (χ1v) is 6.84. The molecule has 2 aromatic rings. The van der Waals surface area contributed by atoms with E-state index < -0.39 is 0 Å². The van der Waals surface area contributed by atoms with Crippen molar-refractivity contribution < 1.29 is 0 Å². The Balaban J connectivity index is 2.64. The van der Waals surface area contributed by atoms with Crippen molar-refractivity contribution in [3.05, 3.63) is 39.5 Å². The SMILES string of the molecule is N#CC(C#N)=Cc1cccc2cc[te]c12. The van der Waals surface area contributed by atoms with E-state index in [1.807, 2.05) is 24.3 Å². The third-order valence-corrected chi connectivity index (χ3v) is 4.85. The Hall–Kier alpha value is -1.53. The molecule has 0 amide bonds. The first-order valence-electron chi connectivity index (χ1n) is 4.33. The van der Waals surface area contributed by atoms with Gasteiger partial charge in [0.25, 0.3) is 0 Å². The molecule has 1 heterocycles. The van der Waals surface area contributed by atoms with E-state index in [4.69, 9.17) is 10.5 Å². The van der Waals surface area contributed by atoms with Crippen molar-refractivity contribution >= 4 is 35.3 Å². The maximum absolute atomic E-state index is 8.69. The Labute approximate surface area is 97.3 Å². The van der Waals surface area contributed by atoms with Crippen molar-refractivity contribution in [1.29, 1.82) is 10.5 Å². The van der Waals surface area contributed by atoms with Gasteiger partial charge < -0.3 is 0 Å². The Kier molecular flexibility index (Phi) is 2.89. The van der Waals surface area contributed by atoms with Gasteiger partial charge in [-0.3, -0.25) is 0 Å². The molecule has 0 atom stereocenters. The van der Waals surface area contributed by atoms with Crippen LogP contribution < -0.4 is 0 Å². The standard InChI is InChI=1S/C12H6N2Te/c13-7-9(8-14)6-11-3-1-2-10-4-5-15-12(10)11/h1-6H. The van der Waals surface area contributed by atoms with Crippen LogP contribution in [0.15, 0.2) is 33.9 Å². The van der Waals surface area contributed by atoms with Gasteiger partial charge in [0.05, 0.1) is 0 Å². The Morgan fingerprint density at radius 3 is 2.73 bits per heavy atom. The predicted octanol–water partition coefficient (Wildman–Crippen LogP) is 2.33. The fourth-order valence-corrected chi connectivity index (χ4v) is 3.90. The molecule has 0 spiro atoms. The normalized spacial score (nSPS) is 9.20. The average molecular weight is 306 g/mol. The van der Waals surface area contributed by atoms with Gasteiger partial charge in [0.1, 0.15) is 0 Å². The second kappa shape index (κ2) is 4.33. The summed E-state index contributed by atoms with van der Waals surface area (Å²) in [5.41, 5.74) is 1.20. The molecule has 0 saturated carbocycles. The molecular weight excluding hydrogens is 300 g/mol. The van der Waals surface area contributed by atoms with Gasteiger partial charge in [0, 0.05) is 0 Å². The fourth-order valence-electron chi connectivity index (χ4n) is 1.37. The minimum absolute atomic E-state index is 0.169. The Morgan fingerprint density at radius 2 is 2.00 bits per heavy atom. The molecular formula is C12H6N2Te. The first-order chi connectivity index (χ1) is 7.35. The predicted molar refractivity (Wildman–Crippen MR) is 60.1 cm³/mol. The van der Waals surface area contributed by atoms with E-state index in [-0.39, 0.29) is 26.0 Å². The van der Waals surface area contributed by atoms with Crippen LogP contribution >= 0.6 is 0 Å². The number of fused-ring (bicyclic) bond motifs is 1. The third-order valence-electron chi connectivity index (χ3n) is 2.05. The summed E-state index contributed by atoms with van der Waals surface area (Å²) in [5.74, 6) is 0. The van der Waals surface area contributed by atoms with Gasteiger partial charge in [-0.1, -0.05) is 0 Å². The van der Waals surface area contributed by atoms with E-state index >= 15 is 0 Å². The fraction of sp³-hybridized carbons (Fsp3) is 0. The number of rotatable bonds is 1. The summed E-state index contributed by atoms with van der Waals surface area (Å²) in [6, 6.07) is 11.9. The summed E-state index contributed by atoms with van der Waals surface area (Å²) in [7, 11) is 0. The van der Waals surface area contributed by atoms with E-state index in [2.05, 4.69) is 16.2 Å². The van der Waals surface area contributed by atoms with Gasteiger partial charge in [0.2, 0.25) is 0 Å².